The van der Waals surface area contributed by atoms with E-state index in [2.05, 4.69) is 25.7 Å². The average Bonchev–Trinajstić information content (AvgIpc) is 2.58. The van der Waals surface area contributed by atoms with Gasteiger partial charge in [-0.1, -0.05) is 32.9 Å². The van der Waals surface area contributed by atoms with Crippen LogP contribution in [0.1, 0.15) is 45.6 Å². The number of hydrogen-bond acceptors (Lipinski definition) is 3. The van der Waals surface area contributed by atoms with Crippen LogP contribution in [0, 0.1) is 20.9 Å². The van der Waals surface area contributed by atoms with Crippen LogP contribution in [-0.4, -0.2) is 22.4 Å². The van der Waals surface area contributed by atoms with Crippen LogP contribution in [0.25, 0.3) is 0 Å². The van der Waals surface area contributed by atoms with Gasteiger partial charge >= 0.3 is 0 Å². The van der Waals surface area contributed by atoms with Crippen molar-refractivity contribution < 1.29 is 4.92 Å². The van der Waals surface area contributed by atoms with Gasteiger partial charge in [0.1, 0.15) is 0 Å². The highest BCUT2D eigenvalue weighted by Gasteiger charge is 2.49. The molecule has 0 unspecified atom stereocenters. The molecule has 1 saturated heterocycles. The maximum absolute atomic E-state index is 10.7. The Kier molecular flexibility index (Phi) is 3.32. The molecule has 4 nitrogen and oxygen atoms in total. The standard InChI is InChI=1S/C17H24N2O2/c1-16(2)8-15-9-17(3,11-16)12-18(15)10-13-4-6-14(7-5-13)19(20)21/h4-7,15H,8-12H2,1-3H3/t15-,17+/m0/s1. The zero-order chi connectivity index (χ0) is 15.3. The number of non-ortho nitro benzene ring substituents is 1. The lowest BCUT2D eigenvalue weighted by Crippen LogP contribution is -2.34. The van der Waals surface area contributed by atoms with Crippen molar-refractivity contribution >= 4 is 5.69 Å². The molecule has 3 rings (SSSR count). The zero-order valence-electron chi connectivity index (χ0n) is 13.1. The van der Waals surface area contributed by atoms with Crippen LogP contribution in [0.3, 0.4) is 0 Å². The summed E-state index contributed by atoms with van der Waals surface area (Å²) in [6, 6.07) is 7.68. The van der Waals surface area contributed by atoms with Crippen molar-refractivity contribution in [2.75, 3.05) is 6.54 Å². The summed E-state index contributed by atoms with van der Waals surface area (Å²) in [6.07, 6.45) is 3.85. The number of fused-ring (bicyclic) bond motifs is 2. The molecule has 4 heteroatoms. The van der Waals surface area contributed by atoms with Gasteiger partial charge in [0.25, 0.3) is 5.69 Å². The summed E-state index contributed by atoms with van der Waals surface area (Å²) in [5, 5.41) is 10.7. The van der Waals surface area contributed by atoms with Gasteiger partial charge in [0.05, 0.1) is 4.92 Å². The molecule has 2 bridgehead atoms. The van der Waals surface area contributed by atoms with Gasteiger partial charge in [-0.3, -0.25) is 15.0 Å². The summed E-state index contributed by atoms with van der Waals surface area (Å²) in [7, 11) is 0. The molecule has 1 saturated carbocycles. The Balaban J connectivity index is 1.73. The maximum atomic E-state index is 10.7. The highest BCUT2D eigenvalue weighted by atomic mass is 16.6. The van der Waals surface area contributed by atoms with Gasteiger partial charge in [-0.25, -0.2) is 0 Å². The first-order valence-electron chi connectivity index (χ1n) is 7.74. The van der Waals surface area contributed by atoms with E-state index in [4.69, 9.17) is 0 Å². The van der Waals surface area contributed by atoms with Crippen LogP contribution >= 0.6 is 0 Å². The molecule has 0 aromatic heterocycles. The fourth-order valence-corrected chi connectivity index (χ4v) is 4.72. The molecule has 2 fully saturated rings. The van der Waals surface area contributed by atoms with E-state index >= 15 is 0 Å². The molecule has 2 aliphatic rings. The molecule has 0 radical (unpaired) electrons. The van der Waals surface area contributed by atoms with Gasteiger partial charge in [0.15, 0.2) is 0 Å². The molecule has 1 aromatic carbocycles. The molecule has 0 spiro atoms. The van der Waals surface area contributed by atoms with Crippen LogP contribution in [0.4, 0.5) is 5.69 Å². The number of nitrogens with zero attached hydrogens (tertiary/aromatic N) is 2. The predicted molar refractivity (Wildman–Crippen MR) is 83.0 cm³/mol. The molecule has 1 aromatic rings. The van der Waals surface area contributed by atoms with Crippen molar-refractivity contribution in [2.45, 2.75) is 52.6 Å². The van der Waals surface area contributed by atoms with Crippen molar-refractivity contribution in [3.05, 3.63) is 39.9 Å². The largest absolute Gasteiger partial charge is 0.296 e. The molecule has 0 amide bonds. The third-order valence-corrected chi connectivity index (χ3v) is 5.06. The normalized spacial score (nSPS) is 31.3. The fraction of sp³-hybridized carbons (Fsp3) is 0.647. The van der Waals surface area contributed by atoms with E-state index in [1.165, 1.54) is 24.8 Å². The molecule has 1 aliphatic heterocycles. The monoisotopic (exact) mass is 288 g/mol. The van der Waals surface area contributed by atoms with Gasteiger partial charge in [0, 0.05) is 31.3 Å². The van der Waals surface area contributed by atoms with Crippen LogP contribution in [0.15, 0.2) is 24.3 Å². The van der Waals surface area contributed by atoms with E-state index in [1.807, 2.05) is 12.1 Å². The Morgan fingerprint density at radius 1 is 1.24 bits per heavy atom. The number of hydrogen-bond donors (Lipinski definition) is 0. The quantitative estimate of drug-likeness (QED) is 0.624. The minimum Gasteiger partial charge on any atom is -0.296 e. The van der Waals surface area contributed by atoms with Crippen molar-refractivity contribution in [3.63, 3.8) is 0 Å². The Labute approximate surface area is 126 Å². The summed E-state index contributed by atoms with van der Waals surface area (Å²) in [6.45, 7) is 9.24. The number of nitro groups is 1. The second-order valence-electron chi connectivity index (χ2n) is 8.04. The SMILES string of the molecule is CC1(C)C[C@H]2C[C@@](C)(CN2Cc2ccc([N+](=O)[O-])cc2)C1. The van der Waals surface area contributed by atoms with Gasteiger partial charge < -0.3 is 0 Å². The third kappa shape index (κ3) is 2.95. The van der Waals surface area contributed by atoms with Crippen LogP contribution in [-0.2, 0) is 6.54 Å². The average molecular weight is 288 g/mol. The number of likely N-dealkylation sites (tertiary alicyclic amines) is 1. The minimum atomic E-state index is -0.337. The van der Waals surface area contributed by atoms with E-state index in [9.17, 15) is 10.1 Å². The van der Waals surface area contributed by atoms with Crippen LogP contribution in [0.5, 0.6) is 0 Å². The lowest BCUT2D eigenvalue weighted by Gasteiger charge is -2.40. The summed E-state index contributed by atoms with van der Waals surface area (Å²) in [4.78, 5) is 13.0. The lowest BCUT2D eigenvalue weighted by molar-refractivity contribution is -0.384. The minimum absolute atomic E-state index is 0.173. The number of rotatable bonds is 3. The van der Waals surface area contributed by atoms with Gasteiger partial charge in [-0.05, 0) is 35.7 Å². The first-order chi connectivity index (χ1) is 9.76. The highest BCUT2D eigenvalue weighted by molar-refractivity contribution is 5.33. The first kappa shape index (κ1) is 14.5. The van der Waals surface area contributed by atoms with Gasteiger partial charge in [-0.2, -0.15) is 0 Å². The zero-order valence-corrected chi connectivity index (χ0v) is 13.1. The fourth-order valence-electron chi connectivity index (χ4n) is 4.72. The molecule has 0 N–H and O–H groups in total. The Bertz CT molecular complexity index is 552. The van der Waals surface area contributed by atoms with E-state index in [1.54, 1.807) is 12.1 Å². The Morgan fingerprint density at radius 2 is 1.90 bits per heavy atom. The maximum Gasteiger partial charge on any atom is 0.269 e. The van der Waals surface area contributed by atoms with E-state index < -0.39 is 0 Å². The topological polar surface area (TPSA) is 46.4 Å². The van der Waals surface area contributed by atoms with Crippen LogP contribution < -0.4 is 0 Å². The summed E-state index contributed by atoms with van der Waals surface area (Å²) >= 11 is 0. The summed E-state index contributed by atoms with van der Waals surface area (Å²) < 4.78 is 0. The molecular formula is C17H24N2O2. The van der Waals surface area contributed by atoms with Crippen molar-refractivity contribution in [1.29, 1.82) is 0 Å². The molecular weight excluding hydrogens is 264 g/mol. The van der Waals surface area contributed by atoms with Crippen LogP contribution in [0.2, 0.25) is 0 Å². The van der Waals surface area contributed by atoms with Gasteiger partial charge in [-0.15, -0.1) is 0 Å². The second kappa shape index (κ2) is 4.80. The van der Waals surface area contributed by atoms with Crippen molar-refractivity contribution in [1.82, 2.24) is 4.90 Å². The first-order valence-corrected chi connectivity index (χ1v) is 7.74. The highest BCUT2D eigenvalue weighted by Crippen LogP contribution is 2.52. The van der Waals surface area contributed by atoms with E-state index in [0.29, 0.717) is 16.9 Å². The Hall–Kier alpha value is -1.42. The van der Waals surface area contributed by atoms with Crippen molar-refractivity contribution in [3.8, 4) is 0 Å². The van der Waals surface area contributed by atoms with E-state index in [-0.39, 0.29) is 10.6 Å². The molecule has 1 heterocycles. The summed E-state index contributed by atoms with van der Waals surface area (Å²) in [5.74, 6) is 0. The smallest absolute Gasteiger partial charge is 0.269 e. The number of benzene rings is 1. The third-order valence-electron chi connectivity index (χ3n) is 5.06. The molecule has 2 atom stereocenters. The number of nitro benzene ring substituents is 1. The van der Waals surface area contributed by atoms with Gasteiger partial charge in [0.2, 0.25) is 0 Å². The summed E-state index contributed by atoms with van der Waals surface area (Å²) in [5.41, 5.74) is 2.22. The predicted octanol–water partition coefficient (Wildman–Crippen LogP) is 4.00. The Morgan fingerprint density at radius 3 is 2.52 bits per heavy atom. The molecule has 114 valence electrons. The van der Waals surface area contributed by atoms with E-state index in [0.717, 1.165) is 13.1 Å². The molecule has 21 heavy (non-hydrogen) atoms. The molecule has 1 aliphatic carbocycles. The van der Waals surface area contributed by atoms with Crippen molar-refractivity contribution in [2.24, 2.45) is 10.8 Å². The second-order valence-corrected chi connectivity index (χ2v) is 8.04. The lowest BCUT2D eigenvalue weighted by atomic mass is 9.65.